The molecule has 0 N–H and O–H groups in total. The van der Waals surface area contributed by atoms with Crippen molar-refractivity contribution in [3.8, 4) is 0 Å². The third-order valence-corrected chi connectivity index (χ3v) is 13.2. The van der Waals surface area contributed by atoms with Crippen LogP contribution >= 0.6 is 0 Å². The van der Waals surface area contributed by atoms with E-state index in [2.05, 4.69) is 44.4 Å². The predicted molar refractivity (Wildman–Crippen MR) is 159 cm³/mol. The summed E-state index contributed by atoms with van der Waals surface area (Å²) in [5, 5.41) is 0. The molecule has 7 heteroatoms. The summed E-state index contributed by atoms with van der Waals surface area (Å²) in [7, 11) is 0. The average molecular weight is 572 g/mol. The van der Waals surface area contributed by atoms with Gasteiger partial charge in [0, 0.05) is 34.6 Å². The number of carbonyl (C=O) groups excluding carboxylic acids is 3. The third-order valence-electron chi connectivity index (χ3n) is 13.2. The maximum absolute atomic E-state index is 14.6. The molecule has 3 fully saturated rings. The highest BCUT2D eigenvalue weighted by atomic mass is 16.5. The molecule has 5 aliphatic carbocycles. The van der Waals surface area contributed by atoms with E-state index in [9.17, 15) is 14.4 Å². The zero-order chi connectivity index (χ0) is 30.5. The second-order valence-electron chi connectivity index (χ2n) is 16.1. The Bertz CT molecular complexity index is 1460. The summed E-state index contributed by atoms with van der Waals surface area (Å²) in [6.07, 6.45) is 14.5. The summed E-state index contributed by atoms with van der Waals surface area (Å²) in [6.45, 7) is 23.5. The molecule has 0 spiro atoms. The van der Waals surface area contributed by atoms with Gasteiger partial charge in [-0.25, -0.2) is 19.2 Å². The molecule has 0 bridgehead atoms. The lowest BCUT2D eigenvalue weighted by Gasteiger charge is -2.69. The van der Waals surface area contributed by atoms with Crippen LogP contribution in [-0.2, 0) is 14.3 Å². The topological polar surface area (TPSA) is 82.6 Å². The predicted octanol–water partition coefficient (Wildman–Crippen LogP) is 7.44. The Hall–Kier alpha value is -3.01. The van der Waals surface area contributed by atoms with Gasteiger partial charge in [0.25, 0.3) is 0 Å². The van der Waals surface area contributed by atoms with E-state index >= 15 is 0 Å². The fourth-order valence-corrected chi connectivity index (χ4v) is 10.6. The number of Topliss-reactive ketones (excluding diaryl/α,β-unsaturated/α-hetero) is 1. The molecule has 7 nitrogen and oxygen atoms in total. The number of hydrogen-bond donors (Lipinski definition) is 0. The normalized spacial score (nSPS) is 41.6. The molecule has 42 heavy (non-hydrogen) atoms. The van der Waals surface area contributed by atoms with Crippen LogP contribution in [0.3, 0.4) is 0 Å². The Morgan fingerprint density at radius 2 is 1.79 bits per heavy atom. The molecule has 6 rings (SSSR count). The van der Waals surface area contributed by atoms with E-state index < -0.39 is 16.9 Å². The maximum atomic E-state index is 14.6. The molecule has 3 saturated carbocycles. The Morgan fingerprint density at radius 1 is 1.07 bits per heavy atom. The molecular formula is C35H45N3O4. The van der Waals surface area contributed by atoms with Crippen molar-refractivity contribution in [1.82, 2.24) is 9.55 Å². The van der Waals surface area contributed by atoms with E-state index in [4.69, 9.17) is 11.3 Å². The van der Waals surface area contributed by atoms with Crippen LogP contribution in [0.15, 0.2) is 42.1 Å². The molecule has 224 valence electrons. The summed E-state index contributed by atoms with van der Waals surface area (Å²) in [4.78, 5) is 48.4. The van der Waals surface area contributed by atoms with Crippen molar-refractivity contribution in [3.63, 3.8) is 0 Å². The highest BCUT2D eigenvalue weighted by Crippen LogP contribution is 2.74. The molecule has 1 heterocycles. The molecule has 7 atom stereocenters. The van der Waals surface area contributed by atoms with Crippen molar-refractivity contribution in [2.24, 2.45) is 50.2 Å². The fraction of sp³-hybridized carbons (Fsp3) is 0.686. The lowest BCUT2D eigenvalue weighted by Crippen LogP contribution is -2.65. The standard InChI is InChI=1S/C35H45N3O4/c1-30(2)11-13-35(20-42-29(41)38-16-15-37-21-38)14-12-34(7)27(22(35)18-30)24(39)17-26-32(5)19-23(36-8)28(40)31(3,4)25(32)9-10-33(26,34)6/h15-17,19,21-22,25,27H,9-14,18,20H2,1-7H3/t22-,25-,27-,32-,33+,34+,35+/m0/s1. The largest absolute Gasteiger partial charge is 0.448 e. The second kappa shape index (κ2) is 9.00. The van der Waals surface area contributed by atoms with Gasteiger partial charge in [-0.3, -0.25) is 4.79 Å². The Kier molecular flexibility index (Phi) is 6.23. The van der Waals surface area contributed by atoms with Gasteiger partial charge < -0.3 is 9.53 Å². The van der Waals surface area contributed by atoms with Gasteiger partial charge in [-0.15, -0.1) is 0 Å². The SMILES string of the molecule is [C-]#[N+]C1=C[C@]2(C)C3=CC(=O)[C@@H]4[C@@H]5CC(C)(C)CC[C@]5(COC(=O)n5ccnc5)CC[C@@]4(C)[C@]3(C)CC[C@H]2C(C)(C)C1=O. The summed E-state index contributed by atoms with van der Waals surface area (Å²) in [5.41, 5.74) is -0.559. The van der Waals surface area contributed by atoms with E-state index in [1.807, 2.05) is 26.0 Å². The van der Waals surface area contributed by atoms with Crippen LogP contribution in [0.4, 0.5) is 4.79 Å². The molecule has 0 saturated heterocycles. The lowest BCUT2D eigenvalue weighted by molar-refractivity contribution is -0.177. The van der Waals surface area contributed by atoms with Crippen LogP contribution in [0.5, 0.6) is 0 Å². The Labute approximate surface area is 250 Å². The number of allylic oxidation sites excluding steroid dienone is 4. The van der Waals surface area contributed by atoms with Crippen molar-refractivity contribution >= 4 is 17.7 Å². The summed E-state index contributed by atoms with van der Waals surface area (Å²) >= 11 is 0. The van der Waals surface area contributed by atoms with E-state index in [-0.39, 0.29) is 56.7 Å². The minimum Gasteiger partial charge on any atom is -0.448 e. The van der Waals surface area contributed by atoms with Crippen molar-refractivity contribution in [2.75, 3.05) is 6.61 Å². The van der Waals surface area contributed by atoms with Crippen LogP contribution < -0.4 is 0 Å². The highest BCUT2D eigenvalue weighted by molar-refractivity contribution is 6.03. The number of rotatable bonds is 2. The minimum absolute atomic E-state index is 0.0363. The summed E-state index contributed by atoms with van der Waals surface area (Å²) in [6, 6.07) is 0. The zero-order valence-corrected chi connectivity index (χ0v) is 26.3. The first kappa shape index (κ1) is 29.1. The van der Waals surface area contributed by atoms with Gasteiger partial charge in [-0.2, -0.15) is 0 Å². The first-order valence-corrected chi connectivity index (χ1v) is 15.6. The van der Waals surface area contributed by atoms with Gasteiger partial charge in [0.2, 0.25) is 5.70 Å². The lowest BCUT2D eigenvalue weighted by atomic mass is 9.34. The van der Waals surface area contributed by atoms with Crippen LogP contribution in [-0.4, -0.2) is 33.8 Å². The van der Waals surface area contributed by atoms with Crippen molar-refractivity contribution < 1.29 is 19.1 Å². The number of imidazole rings is 1. The quantitative estimate of drug-likeness (QED) is 0.345. The number of aromatic nitrogens is 2. The molecule has 0 unspecified atom stereocenters. The molecule has 0 radical (unpaired) electrons. The first-order chi connectivity index (χ1) is 19.5. The van der Waals surface area contributed by atoms with Crippen LogP contribution in [0, 0.1) is 56.8 Å². The number of ketones is 2. The van der Waals surface area contributed by atoms with E-state index in [0.29, 0.717) is 6.61 Å². The molecule has 0 aromatic carbocycles. The fourth-order valence-electron chi connectivity index (χ4n) is 10.6. The average Bonchev–Trinajstić information content (AvgIpc) is 3.46. The molecule has 1 aromatic rings. The van der Waals surface area contributed by atoms with Gasteiger partial charge in [-0.05, 0) is 79.1 Å². The molecule has 1 aromatic heterocycles. The molecule has 0 aliphatic heterocycles. The van der Waals surface area contributed by atoms with Crippen LogP contribution in [0.25, 0.3) is 4.85 Å². The van der Waals surface area contributed by atoms with Gasteiger partial charge >= 0.3 is 6.09 Å². The zero-order valence-electron chi connectivity index (χ0n) is 26.3. The van der Waals surface area contributed by atoms with Gasteiger partial charge in [0.05, 0.1) is 13.2 Å². The first-order valence-electron chi connectivity index (χ1n) is 15.6. The molecule has 5 aliphatic rings. The monoisotopic (exact) mass is 571 g/mol. The van der Waals surface area contributed by atoms with Gasteiger partial charge in [0.1, 0.15) is 6.33 Å². The number of hydrogen-bond acceptors (Lipinski definition) is 5. The Balaban J connectivity index is 1.44. The number of nitrogens with zero attached hydrogens (tertiary/aromatic N) is 3. The second-order valence-corrected chi connectivity index (χ2v) is 16.1. The van der Waals surface area contributed by atoms with Crippen molar-refractivity contribution in [1.29, 1.82) is 0 Å². The Morgan fingerprint density at radius 3 is 2.45 bits per heavy atom. The summed E-state index contributed by atoms with van der Waals surface area (Å²) in [5.74, 6) is 0.0601. The van der Waals surface area contributed by atoms with Gasteiger partial charge in [0.15, 0.2) is 11.6 Å². The van der Waals surface area contributed by atoms with Crippen LogP contribution in [0.2, 0.25) is 0 Å². The number of carbonyl (C=O) groups is 3. The van der Waals surface area contributed by atoms with Crippen LogP contribution in [0.1, 0.15) is 93.4 Å². The van der Waals surface area contributed by atoms with Gasteiger partial charge in [-0.1, -0.05) is 60.1 Å². The smallest absolute Gasteiger partial charge is 0.419 e. The highest BCUT2D eigenvalue weighted by Gasteiger charge is 2.69. The minimum atomic E-state index is -0.666. The van der Waals surface area contributed by atoms with Crippen molar-refractivity contribution in [2.45, 2.75) is 93.4 Å². The number of ether oxygens (including phenoxy) is 1. The van der Waals surface area contributed by atoms with Crippen molar-refractivity contribution in [3.05, 3.63) is 53.6 Å². The number of fused-ring (bicyclic) bond motifs is 7. The third kappa shape index (κ3) is 3.75. The van der Waals surface area contributed by atoms with E-state index in [1.54, 1.807) is 12.4 Å². The van der Waals surface area contributed by atoms with E-state index in [1.165, 1.54) is 10.9 Å². The maximum Gasteiger partial charge on any atom is 0.419 e. The molecular weight excluding hydrogens is 526 g/mol. The van der Waals surface area contributed by atoms with E-state index in [0.717, 1.165) is 50.5 Å². The summed E-state index contributed by atoms with van der Waals surface area (Å²) < 4.78 is 7.34. The molecule has 0 amide bonds.